The Morgan fingerprint density at radius 3 is 2.41 bits per heavy atom. The first-order chi connectivity index (χ1) is 10.4. The molecule has 0 saturated carbocycles. The van der Waals surface area contributed by atoms with Gasteiger partial charge in [-0.3, -0.25) is 0 Å². The largest absolute Gasteiger partial charge is 0.382 e. The highest BCUT2D eigenvalue weighted by atomic mass is 127. The summed E-state index contributed by atoms with van der Waals surface area (Å²) in [4.78, 5) is 0. The molecular weight excluding hydrogens is 411 g/mol. The molecule has 2 rings (SSSR count). The van der Waals surface area contributed by atoms with Gasteiger partial charge < -0.3 is 4.18 Å². The van der Waals surface area contributed by atoms with E-state index in [1.165, 1.54) is 5.56 Å². The van der Waals surface area contributed by atoms with Gasteiger partial charge in [0, 0.05) is 15.9 Å². The molecule has 0 radical (unpaired) electrons. The van der Waals surface area contributed by atoms with Crippen LogP contribution < -0.4 is 4.18 Å². The van der Waals surface area contributed by atoms with Crippen LogP contribution in [-0.2, 0) is 10.1 Å². The zero-order valence-corrected chi connectivity index (χ0v) is 15.6. The minimum atomic E-state index is -3.55. The fraction of sp³-hybridized carbons (Fsp3) is 0.294. The summed E-state index contributed by atoms with van der Waals surface area (Å²) in [5.41, 5.74) is 3.18. The van der Waals surface area contributed by atoms with E-state index >= 15 is 0 Å². The van der Waals surface area contributed by atoms with Gasteiger partial charge >= 0.3 is 10.1 Å². The Balaban J connectivity index is 2.53. The lowest BCUT2D eigenvalue weighted by Crippen LogP contribution is -2.11. The monoisotopic (exact) mass is 430 g/mol. The minimum Gasteiger partial charge on any atom is -0.382 e. The van der Waals surface area contributed by atoms with Crippen molar-refractivity contribution in [1.29, 1.82) is 0 Å². The van der Waals surface area contributed by atoms with E-state index in [0.29, 0.717) is 5.75 Å². The van der Waals surface area contributed by atoms with Gasteiger partial charge in [-0.15, -0.1) is 0 Å². The molecule has 0 bridgehead atoms. The molecule has 0 N–H and O–H groups in total. The molecule has 0 aliphatic carbocycles. The van der Waals surface area contributed by atoms with Crippen molar-refractivity contribution >= 4 is 32.7 Å². The van der Waals surface area contributed by atoms with Gasteiger partial charge in [-0.2, -0.15) is 8.42 Å². The van der Waals surface area contributed by atoms with Crippen LogP contribution in [0.25, 0.3) is 0 Å². The van der Waals surface area contributed by atoms with E-state index in [2.05, 4.69) is 34.7 Å². The van der Waals surface area contributed by atoms with Crippen LogP contribution in [0.3, 0.4) is 0 Å². The van der Waals surface area contributed by atoms with Crippen LogP contribution in [0.5, 0.6) is 5.75 Å². The molecule has 1 atom stereocenters. The summed E-state index contributed by atoms with van der Waals surface area (Å²) in [5.74, 6) is 0.543. The molecule has 0 saturated heterocycles. The highest BCUT2D eigenvalue weighted by molar-refractivity contribution is 14.1. The third-order valence-electron chi connectivity index (χ3n) is 3.38. The first-order valence-corrected chi connectivity index (χ1v) is 10.4. The standard InChI is InChI=1S/C17H19IO3S/c1-13-8-9-17(21-22(2,19)20)16(12-13)15(10-11-18)14-6-4-3-5-7-14/h3-9,12,15H,10-11H2,1-2H3. The number of aryl methyl sites for hydroxylation is 1. The molecule has 2 aromatic rings. The fourth-order valence-electron chi connectivity index (χ4n) is 2.48. The molecule has 1 unspecified atom stereocenters. The first kappa shape index (κ1) is 17.3. The van der Waals surface area contributed by atoms with Crippen LogP contribution in [0.15, 0.2) is 48.5 Å². The number of benzene rings is 2. The molecule has 0 heterocycles. The first-order valence-electron chi connectivity index (χ1n) is 7.01. The van der Waals surface area contributed by atoms with Gasteiger partial charge in [-0.1, -0.05) is 70.6 Å². The van der Waals surface area contributed by atoms with Crippen molar-refractivity contribution < 1.29 is 12.6 Å². The van der Waals surface area contributed by atoms with E-state index in [1.807, 2.05) is 37.3 Å². The van der Waals surface area contributed by atoms with Gasteiger partial charge in [0.15, 0.2) is 0 Å². The number of hydrogen-bond donors (Lipinski definition) is 0. The molecule has 0 aliphatic rings. The van der Waals surface area contributed by atoms with E-state index in [0.717, 1.165) is 28.2 Å². The minimum absolute atomic E-state index is 0.120. The summed E-state index contributed by atoms with van der Waals surface area (Å²) in [6, 6.07) is 15.8. The predicted molar refractivity (Wildman–Crippen MR) is 98.4 cm³/mol. The Morgan fingerprint density at radius 1 is 1.14 bits per heavy atom. The molecule has 3 nitrogen and oxygen atoms in total. The van der Waals surface area contributed by atoms with Gasteiger partial charge in [-0.25, -0.2) is 0 Å². The maximum absolute atomic E-state index is 11.5. The molecule has 0 fully saturated rings. The van der Waals surface area contributed by atoms with Gasteiger partial charge in [0.1, 0.15) is 5.75 Å². The van der Waals surface area contributed by atoms with Crippen LogP contribution in [0.2, 0.25) is 0 Å². The quantitative estimate of drug-likeness (QED) is 0.390. The zero-order chi connectivity index (χ0) is 16.2. The van der Waals surface area contributed by atoms with Crippen molar-refractivity contribution in [2.75, 3.05) is 10.7 Å². The predicted octanol–water partition coefficient (Wildman–Crippen LogP) is 4.29. The summed E-state index contributed by atoms with van der Waals surface area (Å²) in [7, 11) is -3.55. The average molecular weight is 430 g/mol. The molecule has 0 aliphatic heterocycles. The number of hydrogen-bond acceptors (Lipinski definition) is 3. The second-order valence-electron chi connectivity index (χ2n) is 5.27. The van der Waals surface area contributed by atoms with Gasteiger partial charge in [0.25, 0.3) is 0 Å². The van der Waals surface area contributed by atoms with Crippen LogP contribution in [0.4, 0.5) is 0 Å². The Morgan fingerprint density at radius 2 is 1.82 bits per heavy atom. The summed E-state index contributed by atoms with van der Waals surface area (Å²) in [5, 5.41) is 0. The van der Waals surface area contributed by atoms with Crippen LogP contribution in [0.1, 0.15) is 29.0 Å². The van der Waals surface area contributed by atoms with E-state index in [-0.39, 0.29) is 5.92 Å². The van der Waals surface area contributed by atoms with Crippen LogP contribution >= 0.6 is 22.6 Å². The second kappa shape index (κ2) is 7.46. The van der Waals surface area contributed by atoms with Crippen molar-refractivity contribution in [2.24, 2.45) is 0 Å². The molecule has 2 aromatic carbocycles. The maximum Gasteiger partial charge on any atom is 0.306 e. The van der Waals surface area contributed by atoms with Crippen molar-refractivity contribution in [3.8, 4) is 5.75 Å². The maximum atomic E-state index is 11.5. The lowest BCUT2D eigenvalue weighted by atomic mass is 9.88. The average Bonchev–Trinajstić information content (AvgIpc) is 2.46. The van der Waals surface area contributed by atoms with Crippen molar-refractivity contribution in [3.05, 3.63) is 65.2 Å². The lowest BCUT2D eigenvalue weighted by Gasteiger charge is -2.20. The van der Waals surface area contributed by atoms with Gasteiger partial charge in [-0.05, 0) is 25.0 Å². The van der Waals surface area contributed by atoms with Crippen LogP contribution in [-0.4, -0.2) is 19.1 Å². The van der Waals surface area contributed by atoms with Crippen molar-refractivity contribution in [1.82, 2.24) is 0 Å². The third kappa shape index (κ3) is 4.71. The van der Waals surface area contributed by atoms with Crippen molar-refractivity contribution in [3.63, 3.8) is 0 Å². The summed E-state index contributed by atoms with van der Waals surface area (Å²) in [6.45, 7) is 2.00. The summed E-state index contributed by atoms with van der Waals surface area (Å²) in [6.07, 6.45) is 2.00. The molecule has 22 heavy (non-hydrogen) atoms. The topological polar surface area (TPSA) is 43.4 Å². The SMILES string of the molecule is Cc1ccc(OS(C)(=O)=O)c(C(CCI)c2ccccc2)c1. The van der Waals surface area contributed by atoms with E-state index in [1.54, 1.807) is 6.07 Å². The zero-order valence-electron chi connectivity index (χ0n) is 12.6. The number of alkyl halides is 1. The van der Waals surface area contributed by atoms with Crippen LogP contribution in [0, 0.1) is 6.92 Å². The molecular formula is C17H19IO3S. The Bertz CT molecular complexity index is 727. The Labute approximate surface area is 146 Å². The van der Waals surface area contributed by atoms with E-state index < -0.39 is 10.1 Å². The van der Waals surface area contributed by atoms with E-state index in [9.17, 15) is 8.42 Å². The second-order valence-corrected chi connectivity index (χ2v) is 7.92. The van der Waals surface area contributed by atoms with E-state index in [4.69, 9.17) is 4.18 Å². The van der Waals surface area contributed by atoms with Gasteiger partial charge in [0.05, 0.1) is 6.26 Å². The Hall–Kier alpha value is -1.08. The molecule has 5 heteroatoms. The highest BCUT2D eigenvalue weighted by Gasteiger charge is 2.20. The summed E-state index contributed by atoms with van der Waals surface area (Å²) < 4.78 is 29.2. The normalized spacial score (nSPS) is 12.9. The smallest absolute Gasteiger partial charge is 0.306 e. The van der Waals surface area contributed by atoms with Crippen molar-refractivity contribution in [2.45, 2.75) is 19.3 Å². The third-order valence-corrected chi connectivity index (χ3v) is 4.49. The fourth-order valence-corrected chi connectivity index (χ4v) is 3.58. The highest BCUT2D eigenvalue weighted by Crippen LogP contribution is 2.36. The van der Waals surface area contributed by atoms with Gasteiger partial charge in [0.2, 0.25) is 0 Å². The number of halogens is 1. The molecule has 0 spiro atoms. The summed E-state index contributed by atoms with van der Waals surface area (Å²) >= 11 is 2.35. The number of rotatable bonds is 6. The Kier molecular flexibility index (Phi) is 5.86. The molecule has 0 amide bonds. The lowest BCUT2D eigenvalue weighted by molar-refractivity contribution is 0.487. The molecule has 118 valence electrons. The molecule has 0 aromatic heterocycles.